The molecule has 1 aromatic heterocycles. The van der Waals surface area contributed by atoms with Gasteiger partial charge in [-0.25, -0.2) is 4.98 Å². The maximum Gasteiger partial charge on any atom is 0.306 e. The first-order valence-electron chi connectivity index (χ1n) is 14.6. The molecule has 0 unspecified atom stereocenters. The van der Waals surface area contributed by atoms with Gasteiger partial charge >= 0.3 is 5.97 Å². The number of aromatic nitrogens is 1. The fourth-order valence-corrected chi connectivity index (χ4v) is 7.17. The molecule has 5 rings (SSSR count). The second-order valence-corrected chi connectivity index (χ2v) is 13.4. The number of methoxy groups -OCH3 is 1. The van der Waals surface area contributed by atoms with E-state index in [2.05, 4.69) is 36.4 Å². The number of fused-ring (bicyclic) bond motifs is 1. The number of ether oxygens (including phenoxy) is 1. The van der Waals surface area contributed by atoms with Gasteiger partial charge in [0.05, 0.1) is 31.3 Å². The number of benzene rings is 3. The van der Waals surface area contributed by atoms with E-state index in [4.69, 9.17) is 21.3 Å². The number of halogens is 1. The summed E-state index contributed by atoms with van der Waals surface area (Å²) in [5.74, 6) is 0.735. The molecule has 1 fully saturated rings. The van der Waals surface area contributed by atoms with Crippen LogP contribution in [0.4, 0.5) is 0 Å². The highest BCUT2D eigenvalue weighted by molar-refractivity contribution is 7.99. The number of aliphatic hydroxyl groups excluding tert-OH is 1. The van der Waals surface area contributed by atoms with Crippen LogP contribution in [0.15, 0.2) is 78.9 Å². The van der Waals surface area contributed by atoms with Crippen molar-refractivity contribution in [2.45, 2.75) is 49.9 Å². The zero-order valence-corrected chi connectivity index (χ0v) is 26.2. The summed E-state index contributed by atoms with van der Waals surface area (Å²) in [5, 5.41) is 22.5. The quantitative estimate of drug-likeness (QED) is 0.148. The van der Waals surface area contributed by atoms with Gasteiger partial charge in [0, 0.05) is 21.4 Å². The summed E-state index contributed by atoms with van der Waals surface area (Å²) < 4.78 is 4.98. The van der Waals surface area contributed by atoms with E-state index in [0.29, 0.717) is 11.4 Å². The molecule has 0 saturated heterocycles. The van der Waals surface area contributed by atoms with Crippen LogP contribution in [0.25, 0.3) is 23.1 Å². The monoisotopic (exact) mass is 615 g/mol. The maximum absolute atomic E-state index is 12.1. The Morgan fingerprint density at radius 2 is 1.88 bits per heavy atom. The number of esters is 1. The Balaban J connectivity index is 1.37. The lowest BCUT2D eigenvalue weighted by Crippen LogP contribution is -2.27. The van der Waals surface area contributed by atoms with Gasteiger partial charge in [0.15, 0.2) is 0 Å². The van der Waals surface area contributed by atoms with Crippen molar-refractivity contribution in [3.63, 3.8) is 0 Å². The van der Waals surface area contributed by atoms with Gasteiger partial charge in [-0.15, -0.1) is 0 Å². The fraction of sp³-hybridized carbons (Fsp3) is 0.333. The van der Waals surface area contributed by atoms with E-state index in [-0.39, 0.29) is 23.2 Å². The molecule has 0 aliphatic heterocycles. The fourth-order valence-electron chi connectivity index (χ4n) is 5.43. The number of aryl methyl sites for hydroxylation is 1. The lowest BCUT2D eigenvalue weighted by Gasteiger charge is -2.26. The third-order valence-corrected chi connectivity index (χ3v) is 10.2. The topological polar surface area (TPSA) is 79.7 Å². The molecule has 1 aliphatic rings. The molecule has 5 nitrogen and oxygen atoms in total. The van der Waals surface area contributed by atoms with Crippen LogP contribution in [-0.4, -0.2) is 40.6 Å². The van der Waals surface area contributed by atoms with Gasteiger partial charge in [0.1, 0.15) is 5.60 Å². The second kappa shape index (κ2) is 13.6. The first-order valence-corrected chi connectivity index (χ1v) is 16.1. The highest BCUT2D eigenvalue weighted by Gasteiger charge is 2.45. The number of thioether (sulfide) groups is 1. The van der Waals surface area contributed by atoms with Crippen molar-refractivity contribution in [2.24, 2.45) is 5.41 Å². The number of hydrogen-bond acceptors (Lipinski definition) is 6. The minimum atomic E-state index is -1.30. The number of nitrogens with zero attached hydrogens (tertiary/aromatic N) is 1. The molecule has 2 N–H and O–H groups in total. The number of carbonyl (C=O) groups excluding carboxylic acids is 1. The van der Waals surface area contributed by atoms with Gasteiger partial charge in [0.2, 0.25) is 0 Å². The Kier molecular flexibility index (Phi) is 9.92. The van der Waals surface area contributed by atoms with E-state index >= 15 is 0 Å². The van der Waals surface area contributed by atoms with E-state index in [1.54, 1.807) is 6.92 Å². The minimum Gasteiger partial charge on any atom is -0.469 e. The Bertz CT molecular complexity index is 1610. The molecule has 1 heterocycles. The Morgan fingerprint density at radius 3 is 2.65 bits per heavy atom. The van der Waals surface area contributed by atoms with Crippen LogP contribution >= 0.6 is 23.4 Å². The predicted octanol–water partition coefficient (Wildman–Crippen LogP) is 8.01. The molecule has 2 atom stereocenters. The average molecular weight is 616 g/mol. The lowest BCUT2D eigenvalue weighted by atomic mass is 9.89. The summed E-state index contributed by atoms with van der Waals surface area (Å²) in [6.07, 6.45) is 8.22. The van der Waals surface area contributed by atoms with E-state index in [9.17, 15) is 15.0 Å². The smallest absolute Gasteiger partial charge is 0.306 e. The lowest BCUT2D eigenvalue weighted by molar-refractivity contribution is -0.141. The molecule has 0 radical (unpaired) electrons. The SMILES string of the molecule is COC(=O)CC1(CS[C@H](CCc2ccccc2[C@@](C)(O)CO)c2cccc(/C=C/c3ccc4ccc(Cl)cc4n3)c2)CC1. The van der Waals surface area contributed by atoms with Crippen LogP contribution in [0.1, 0.15) is 65.8 Å². The van der Waals surface area contributed by atoms with E-state index in [1.165, 1.54) is 12.7 Å². The van der Waals surface area contributed by atoms with Gasteiger partial charge in [-0.2, -0.15) is 11.8 Å². The first-order chi connectivity index (χ1) is 20.7. The molecule has 4 aromatic rings. The molecule has 7 heteroatoms. The summed E-state index contributed by atoms with van der Waals surface area (Å²) in [7, 11) is 1.45. The third kappa shape index (κ3) is 8.07. The zero-order valence-electron chi connectivity index (χ0n) is 24.6. The molecule has 0 spiro atoms. The van der Waals surface area contributed by atoms with Crippen molar-refractivity contribution >= 4 is 52.4 Å². The van der Waals surface area contributed by atoms with Crippen LogP contribution in [0.2, 0.25) is 5.02 Å². The molecular formula is C36H38ClNO4S. The van der Waals surface area contributed by atoms with Crippen LogP contribution < -0.4 is 0 Å². The van der Waals surface area contributed by atoms with Gasteiger partial charge in [-0.1, -0.05) is 78.3 Å². The zero-order chi connectivity index (χ0) is 30.5. The second-order valence-electron chi connectivity index (χ2n) is 11.8. The van der Waals surface area contributed by atoms with Crippen molar-refractivity contribution in [1.29, 1.82) is 0 Å². The number of carbonyl (C=O) groups is 1. The van der Waals surface area contributed by atoms with Gasteiger partial charge in [-0.3, -0.25) is 4.79 Å². The highest BCUT2D eigenvalue weighted by atomic mass is 35.5. The van der Waals surface area contributed by atoms with Crippen molar-refractivity contribution in [2.75, 3.05) is 19.5 Å². The number of aliphatic hydroxyl groups is 2. The van der Waals surface area contributed by atoms with E-state index in [1.807, 2.05) is 66.4 Å². The normalized spacial score (nSPS) is 16.2. The molecule has 43 heavy (non-hydrogen) atoms. The van der Waals surface area contributed by atoms with Crippen LogP contribution in [0.5, 0.6) is 0 Å². The summed E-state index contributed by atoms with van der Waals surface area (Å²) >= 11 is 8.07. The molecule has 0 bridgehead atoms. The molecule has 1 aliphatic carbocycles. The van der Waals surface area contributed by atoms with Crippen molar-refractivity contribution in [1.82, 2.24) is 4.98 Å². The van der Waals surface area contributed by atoms with E-state index < -0.39 is 5.60 Å². The van der Waals surface area contributed by atoms with Crippen molar-refractivity contribution < 1.29 is 19.7 Å². The van der Waals surface area contributed by atoms with Gasteiger partial charge < -0.3 is 14.9 Å². The van der Waals surface area contributed by atoms with Gasteiger partial charge in [0.25, 0.3) is 0 Å². The Labute approximate surface area is 263 Å². The van der Waals surface area contributed by atoms with Crippen LogP contribution in [0.3, 0.4) is 0 Å². The number of rotatable bonds is 13. The molecule has 224 valence electrons. The molecule has 1 saturated carbocycles. The van der Waals surface area contributed by atoms with Crippen molar-refractivity contribution in [3.05, 3.63) is 112 Å². The van der Waals surface area contributed by atoms with Gasteiger partial charge in [-0.05, 0) is 84.6 Å². The van der Waals surface area contributed by atoms with Crippen LogP contribution in [0, 0.1) is 5.41 Å². The predicted molar refractivity (Wildman–Crippen MR) is 177 cm³/mol. The standard InChI is InChI=1S/C36H38ClNO4S/c1-35(41,23-39)31-9-4-3-7-26(31)13-17-33(43-24-36(18-19-36)22-34(40)42-2)28-8-5-6-25(20-28)10-15-30-16-12-27-11-14-29(37)21-32(27)38-30/h3-12,14-16,20-21,33,39,41H,13,17-19,22-24H2,1-2H3/b15-10+/t33-,35+/m1/s1. The Morgan fingerprint density at radius 1 is 1.09 bits per heavy atom. The minimum absolute atomic E-state index is 0.0106. The number of hydrogen-bond donors (Lipinski definition) is 2. The highest BCUT2D eigenvalue weighted by Crippen LogP contribution is 2.53. The molecule has 3 aromatic carbocycles. The number of pyridine rings is 1. The van der Waals surface area contributed by atoms with Crippen molar-refractivity contribution in [3.8, 4) is 0 Å². The summed E-state index contributed by atoms with van der Waals surface area (Å²) in [6.45, 7) is 1.31. The maximum atomic E-state index is 12.1. The summed E-state index contributed by atoms with van der Waals surface area (Å²) in [5.41, 5.74) is 4.51. The first kappa shape index (κ1) is 31.3. The summed E-state index contributed by atoms with van der Waals surface area (Å²) in [6, 6.07) is 26.1. The van der Waals surface area contributed by atoms with Crippen LogP contribution in [-0.2, 0) is 21.6 Å². The molecular weight excluding hydrogens is 578 g/mol. The van der Waals surface area contributed by atoms with E-state index in [0.717, 1.165) is 64.7 Å². The average Bonchev–Trinajstić information content (AvgIpc) is 3.79. The summed E-state index contributed by atoms with van der Waals surface area (Å²) in [4.78, 5) is 16.8. The Hall–Kier alpha value is -3.16. The largest absolute Gasteiger partial charge is 0.469 e. The third-order valence-electron chi connectivity index (χ3n) is 8.28. The molecule has 0 amide bonds.